The molecule has 0 radical (unpaired) electrons. The number of carboxylic acids is 1. The average molecular weight is 428 g/mol. The average Bonchev–Trinajstić information content (AvgIpc) is 3.48. The van der Waals surface area contributed by atoms with Gasteiger partial charge in [0.1, 0.15) is 12.9 Å². The number of aromatic hydroxyl groups is 1. The van der Waals surface area contributed by atoms with Gasteiger partial charge in [0.2, 0.25) is 0 Å². The van der Waals surface area contributed by atoms with Crippen LogP contribution < -0.4 is 5.32 Å². The fraction of sp³-hybridized carbons (Fsp3) is 0.0455. The van der Waals surface area contributed by atoms with Crippen LogP contribution in [0.4, 0.5) is 0 Å². The largest absolute Gasteiger partial charge is 0.505 e. The van der Waals surface area contributed by atoms with Crippen LogP contribution in [0.15, 0.2) is 67.3 Å². The van der Waals surface area contributed by atoms with E-state index in [1.54, 1.807) is 23.0 Å². The Morgan fingerprint density at radius 3 is 2.62 bits per heavy atom. The third-order valence-electron chi connectivity index (χ3n) is 5.06. The number of carbonyl (C=O) groups excluding carboxylic acids is 1. The van der Waals surface area contributed by atoms with E-state index in [0.29, 0.717) is 16.4 Å². The smallest absolute Gasteiger partial charge is 0.322 e. The lowest BCUT2D eigenvalue weighted by molar-refractivity contribution is -0.135. The number of hydrogen-bond acceptors (Lipinski definition) is 6. The molecule has 0 unspecified atom stereocenters. The van der Waals surface area contributed by atoms with Gasteiger partial charge in [0.25, 0.3) is 5.91 Å². The number of hydrogen-bond donors (Lipinski definition) is 3. The van der Waals surface area contributed by atoms with Crippen LogP contribution in [0.5, 0.6) is 5.75 Å². The predicted molar refractivity (Wildman–Crippen MR) is 115 cm³/mol. The highest BCUT2D eigenvalue weighted by molar-refractivity contribution is 6.12. The highest BCUT2D eigenvalue weighted by Crippen LogP contribution is 2.37. The first kappa shape index (κ1) is 19.2. The van der Waals surface area contributed by atoms with Crippen LogP contribution in [-0.4, -0.2) is 53.0 Å². The number of para-hydroxylation sites is 1. The molecular weight excluding hydrogens is 412 g/mol. The third kappa shape index (κ3) is 3.10. The Hall–Kier alpha value is -4.73. The summed E-state index contributed by atoms with van der Waals surface area (Å²) in [6.07, 6.45) is 4.84. The number of pyridine rings is 1. The molecule has 0 saturated carbocycles. The molecule has 5 rings (SSSR count). The molecule has 2 aromatic carbocycles. The molecule has 3 N–H and O–H groups in total. The molecule has 10 nitrogen and oxygen atoms in total. The highest BCUT2D eigenvalue weighted by atomic mass is 16.4. The van der Waals surface area contributed by atoms with Crippen molar-refractivity contribution in [2.24, 2.45) is 0 Å². The van der Waals surface area contributed by atoms with Crippen LogP contribution in [0.25, 0.3) is 33.2 Å². The number of aliphatic carboxylic acids is 1. The number of carbonyl (C=O) groups is 2. The van der Waals surface area contributed by atoms with E-state index in [0.717, 1.165) is 16.8 Å². The van der Waals surface area contributed by atoms with Crippen molar-refractivity contribution < 1.29 is 19.8 Å². The van der Waals surface area contributed by atoms with Gasteiger partial charge in [-0.2, -0.15) is 10.2 Å². The van der Waals surface area contributed by atoms with E-state index < -0.39 is 18.4 Å². The van der Waals surface area contributed by atoms with Crippen molar-refractivity contribution in [3.05, 3.63) is 72.9 Å². The fourth-order valence-corrected chi connectivity index (χ4v) is 3.66. The van der Waals surface area contributed by atoms with Crippen molar-refractivity contribution in [2.45, 2.75) is 0 Å². The maximum absolute atomic E-state index is 12.6. The molecule has 0 fully saturated rings. The van der Waals surface area contributed by atoms with Crippen LogP contribution >= 0.6 is 0 Å². The van der Waals surface area contributed by atoms with Gasteiger partial charge in [0, 0.05) is 22.5 Å². The Balaban J connectivity index is 1.70. The van der Waals surface area contributed by atoms with E-state index in [9.17, 15) is 14.7 Å². The zero-order chi connectivity index (χ0) is 22.2. The number of aromatic nitrogens is 5. The number of nitrogens with one attached hydrogen (secondary N) is 1. The minimum Gasteiger partial charge on any atom is -0.505 e. The van der Waals surface area contributed by atoms with Gasteiger partial charge in [0.05, 0.1) is 11.9 Å². The fourth-order valence-electron chi connectivity index (χ4n) is 3.66. The second-order valence-corrected chi connectivity index (χ2v) is 7.01. The number of benzene rings is 2. The van der Waals surface area contributed by atoms with Gasteiger partial charge in [-0.15, -0.1) is 0 Å². The summed E-state index contributed by atoms with van der Waals surface area (Å²) in [6.45, 7) is -0.592. The maximum atomic E-state index is 12.6. The van der Waals surface area contributed by atoms with Gasteiger partial charge >= 0.3 is 5.97 Å². The van der Waals surface area contributed by atoms with Crippen molar-refractivity contribution in [3.8, 4) is 22.6 Å². The van der Waals surface area contributed by atoms with Crippen LogP contribution in [0.3, 0.4) is 0 Å². The first-order valence-corrected chi connectivity index (χ1v) is 9.62. The summed E-state index contributed by atoms with van der Waals surface area (Å²) < 4.78 is 2.95. The molecular formula is C22H16N6O4. The molecule has 1 amide bonds. The number of carboxylic acid groups (broad SMARTS) is 1. The summed E-state index contributed by atoms with van der Waals surface area (Å²) in [5.74, 6) is -2.30. The topological polar surface area (TPSA) is 135 Å². The zero-order valence-electron chi connectivity index (χ0n) is 16.5. The summed E-state index contributed by atoms with van der Waals surface area (Å²) in [6, 6.07) is 14.9. The maximum Gasteiger partial charge on any atom is 0.322 e. The molecule has 10 heteroatoms. The molecule has 3 heterocycles. The first-order chi connectivity index (χ1) is 15.5. The van der Waals surface area contributed by atoms with E-state index in [1.807, 2.05) is 42.6 Å². The Morgan fingerprint density at radius 1 is 1.03 bits per heavy atom. The molecule has 3 aromatic heterocycles. The molecule has 0 spiro atoms. The molecule has 158 valence electrons. The summed E-state index contributed by atoms with van der Waals surface area (Å²) in [5, 5.41) is 31.5. The number of nitrogens with zero attached hydrogens (tertiary/aromatic N) is 5. The Labute approximate surface area is 180 Å². The SMILES string of the molecule is O=C(O)CNC(=O)c1c(O)c2cccc(-c3cnn(-c4ccccc4)c3)c2c2ncnn12. The molecule has 0 atom stereocenters. The lowest BCUT2D eigenvalue weighted by atomic mass is 10.00. The van der Waals surface area contributed by atoms with Crippen molar-refractivity contribution >= 4 is 28.3 Å². The lowest BCUT2D eigenvalue weighted by Crippen LogP contribution is -2.31. The van der Waals surface area contributed by atoms with E-state index in [1.165, 1.54) is 10.8 Å². The second-order valence-electron chi connectivity index (χ2n) is 7.01. The highest BCUT2D eigenvalue weighted by Gasteiger charge is 2.24. The molecule has 0 aliphatic carbocycles. The van der Waals surface area contributed by atoms with Gasteiger partial charge < -0.3 is 15.5 Å². The normalized spacial score (nSPS) is 11.1. The molecule has 0 bridgehead atoms. The quantitative estimate of drug-likeness (QED) is 0.391. The van der Waals surface area contributed by atoms with E-state index >= 15 is 0 Å². The molecule has 5 aromatic rings. The van der Waals surface area contributed by atoms with E-state index in [2.05, 4.69) is 20.5 Å². The van der Waals surface area contributed by atoms with Crippen LogP contribution in [-0.2, 0) is 4.79 Å². The van der Waals surface area contributed by atoms with Crippen molar-refractivity contribution in [1.29, 1.82) is 0 Å². The van der Waals surface area contributed by atoms with Crippen molar-refractivity contribution in [2.75, 3.05) is 6.54 Å². The van der Waals surface area contributed by atoms with E-state index in [4.69, 9.17) is 5.11 Å². The zero-order valence-corrected chi connectivity index (χ0v) is 16.5. The third-order valence-corrected chi connectivity index (χ3v) is 5.06. The Bertz CT molecular complexity index is 1490. The van der Waals surface area contributed by atoms with Gasteiger partial charge in [-0.25, -0.2) is 14.2 Å². The lowest BCUT2D eigenvalue weighted by Gasteiger charge is -2.12. The van der Waals surface area contributed by atoms with E-state index in [-0.39, 0.29) is 11.4 Å². The minimum absolute atomic E-state index is 0.191. The Kier molecular flexibility index (Phi) is 4.52. The summed E-state index contributed by atoms with van der Waals surface area (Å²) in [7, 11) is 0. The van der Waals surface area contributed by atoms with Gasteiger partial charge in [0.15, 0.2) is 17.1 Å². The van der Waals surface area contributed by atoms with Crippen molar-refractivity contribution in [3.63, 3.8) is 0 Å². The monoisotopic (exact) mass is 428 g/mol. The van der Waals surface area contributed by atoms with Crippen molar-refractivity contribution in [1.82, 2.24) is 29.7 Å². The van der Waals surface area contributed by atoms with Gasteiger partial charge in [-0.05, 0) is 17.7 Å². The number of fused-ring (bicyclic) bond motifs is 3. The number of rotatable bonds is 5. The molecule has 0 saturated heterocycles. The standard InChI is InChI=1S/C22H16N6O4/c29-17(30)10-23-22(32)19-20(31)16-8-4-7-15(18(16)21-24-12-26-28(19)21)13-9-25-27(11-13)14-5-2-1-3-6-14/h1-9,11-12,31H,10H2,(H,23,32)(H,29,30). The predicted octanol–water partition coefficient (Wildman–Crippen LogP) is 2.26. The summed E-state index contributed by atoms with van der Waals surface area (Å²) >= 11 is 0. The first-order valence-electron chi connectivity index (χ1n) is 9.62. The number of amides is 1. The van der Waals surface area contributed by atoms with Crippen LogP contribution in [0.2, 0.25) is 0 Å². The molecule has 32 heavy (non-hydrogen) atoms. The minimum atomic E-state index is -1.20. The summed E-state index contributed by atoms with van der Waals surface area (Å²) in [4.78, 5) is 27.7. The van der Waals surface area contributed by atoms with Gasteiger partial charge in [-0.1, -0.05) is 36.4 Å². The summed E-state index contributed by atoms with van der Waals surface area (Å²) in [5.41, 5.74) is 2.58. The van der Waals surface area contributed by atoms with Crippen LogP contribution in [0, 0.1) is 0 Å². The molecule has 0 aliphatic rings. The molecule has 0 aliphatic heterocycles. The second kappa shape index (κ2) is 7.51. The Morgan fingerprint density at radius 2 is 1.84 bits per heavy atom. The van der Waals surface area contributed by atoms with Crippen LogP contribution in [0.1, 0.15) is 10.5 Å². The van der Waals surface area contributed by atoms with Gasteiger partial charge in [-0.3, -0.25) is 9.59 Å².